The zero-order valence-corrected chi connectivity index (χ0v) is 12.0. The van der Waals surface area contributed by atoms with Crippen LogP contribution < -0.4 is 5.73 Å². The van der Waals surface area contributed by atoms with Crippen LogP contribution in [-0.4, -0.2) is 28.4 Å². The average Bonchev–Trinajstić information content (AvgIpc) is 2.80. The molecular formula is C15H14ClN3O2. The number of hydrogen-bond acceptors (Lipinski definition) is 3. The van der Waals surface area contributed by atoms with Crippen LogP contribution in [0.3, 0.4) is 0 Å². The van der Waals surface area contributed by atoms with Gasteiger partial charge in [0, 0.05) is 17.8 Å². The van der Waals surface area contributed by atoms with E-state index in [1.54, 1.807) is 6.07 Å². The number of primary amides is 1. The van der Waals surface area contributed by atoms with E-state index in [0.29, 0.717) is 24.5 Å². The van der Waals surface area contributed by atoms with Gasteiger partial charge < -0.3 is 5.73 Å². The third-order valence-electron chi connectivity index (χ3n) is 3.84. The van der Waals surface area contributed by atoms with Crippen molar-refractivity contribution < 1.29 is 9.59 Å². The molecule has 1 aliphatic heterocycles. The van der Waals surface area contributed by atoms with Crippen LogP contribution in [0.1, 0.15) is 12.0 Å². The lowest BCUT2D eigenvalue weighted by Gasteiger charge is -2.13. The van der Waals surface area contributed by atoms with Gasteiger partial charge in [-0.2, -0.15) is 0 Å². The number of hydrogen-bond donors (Lipinski definition) is 1. The molecule has 108 valence electrons. The van der Waals surface area contributed by atoms with Crippen molar-refractivity contribution in [1.82, 2.24) is 9.88 Å². The summed E-state index contributed by atoms with van der Waals surface area (Å²) in [5, 5.41) is 1.42. The molecule has 3 rings (SSSR count). The highest BCUT2D eigenvalue weighted by molar-refractivity contribution is 6.29. The number of nitrogens with zero attached hydrogens (tertiary/aromatic N) is 2. The first kappa shape index (κ1) is 13.8. The molecule has 2 N–H and O–H groups in total. The predicted octanol–water partition coefficient (Wildman–Crippen LogP) is 2.36. The Morgan fingerprint density at radius 3 is 2.90 bits per heavy atom. The minimum Gasteiger partial charge on any atom is -0.351 e. The van der Waals surface area contributed by atoms with Gasteiger partial charge in [0.05, 0.1) is 5.52 Å². The number of urea groups is 1. The third kappa shape index (κ3) is 2.56. The Kier molecular flexibility index (Phi) is 3.51. The molecule has 1 atom stereocenters. The van der Waals surface area contributed by atoms with E-state index in [0.717, 1.165) is 21.4 Å². The summed E-state index contributed by atoms with van der Waals surface area (Å²) in [7, 11) is 0. The van der Waals surface area contributed by atoms with E-state index in [1.807, 2.05) is 24.3 Å². The molecule has 0 radical (unpaired) electrons. The smallest absolute Gasteiger partial charge is 0.321 e. The molecular weight excluding hydrogens is 290 g/mol. The number of fused-ring (bicyclic) bond motifs is 1. The van der Waals surface area contributed by atoms with Gasteiger partial charge in [0.2, 0.25) is 5.91 Å². The van der Waals surface area contributed by atoms with Crippen molar-refractivity contribution in [3.63, 3.8) is 0 Å². The van der Waals surface area contributed by atoms with Crippen LogP contribution in [0.25, 0.3) is 10.9 Å². The van der Waals surface area contributed by atoms with E-state index < -0.39 is 6.03 Å². The Bertz CT molecular complexity index is 732. The van der Waals surface area contributed by atoms with Crippen molar-refractivity contribution >= 4 is 34.4 Å². The van der Waals surface area contributed by atoms with Gasteiger partial charge in [-0.1, -0.05) is 23.7 Å². The van der Waals surface area contributed by atoms with Gasteiger partial charge >= 0.3 is 6.03 Å². The van der Waals surface area contributed by atoms with Crippen molar-refractivity contribution in [2.75, 3.05) is 6.54 Å². The lowest BCUT2D eigenvalue weighted by Crippen LogP contribution is -2.38. The Morgan fingerprint density at radius 1 is 1.38 bits per heavy atom. The summed E-state index contributed by atoms with van der Waals surface area (Å²) in [6.45, 7) is 0.397. The minimum absolute atomic E-state index is 0.193. The molecule has 1 aliphatic rings. The van der Waals surface area contributed by atoms with Gasteiger partial charge in [0.25, 0.3) is 0 Å². The van der Waals surface area contributed by atoms with Gasteiger partial charge in [0.1, 0.15) is 5.15 Å². The Morgan fingerprint density at radius 2 is 2.19 bits per heavy atom. The monoisotopic (exact) mass is 303 g/mol. The number of likely N-dealkylation sites (tertiary alicyclic amines) is 1. The summed E-state index contributed by atoms with van der Waals surface area (Å²) in [6.07, 6.45) is 1.21. The summed E-state index contributed by atoms with van der Waals surface area (Å²) < 4.78 is 0. The number of carbonyl (C=O) groups excluding carboxylic acids is 2. The number of pyridine rings is 1. The van der Waals surface area contributed by atoms with E-state index in [1.165, 1.54) is 0 Å². The highest BCUT2D eigenvalue weighted by Gasteiger charge is 2.34. The molecule has 5 nitrogen and oxygen atoms in total. The normalized spacial score (nSPS) is 18.4. The minimum atomic E-state index is -0.672. The van der Waals surface area contributed by atoms with Crippen LogP contribution >= 0.6 is 11.6 Å². The quantitative estimate of drug-likeness (QED) is 0.865. The van der Waals surface area contributed by atoms with E-state index in [4.69, 9.17) is 17.3 Å². The summed E-state index contributed by atoms with van der Waals surface area (Å²) in [5.74, 6) is -0.403. The van der Waals surface area contributed by atoms with Crippen LogP contribution in [0.15, 0.2) is 30.3 Å². The van der Waals surface area contributed by atoms with Crippen molar-refractivity contribution in [3.8, 4) is 0 Å². The maximum absolute atomic E-state index is 12.1. The Hall–Kier alpha value is -2.14. The molecule has 1 fully saturated rings. The zero-order valence-electron chi connectivity index (χ0n) is 11.3. The number of carbonyl (C=O) groups is 2. The summed E-state index contributed by atoms with van der Waals surface area (Å²) in [5.41, 5.74) is 7.02. The average molecular weight is 304 g/mol. The van der Waals surface area contributed by atoms with Crippen LogP contribution in [0.4, 0.5) is 4.79 Å². The number of benzene rings is 1. The van der Waals surface area contributed by atoms with Crippen molar-refractivity contribution in [2.24, 2.45) is 11.7 Å². The van der Waals surface area contributed by atoms with E-state index in [9.17, 15) is 9.59 Å². The first-order valence-corrected chi connectivity index (χ1v) is 7.09. The van der Waals surface area contributed by atoms with Gasteiger partial charge in [-0.3, -0.25) is 9.69 Å². The third-order valence-corrected chi connectivity index (χ3v) is 4.05. The second-order valence-corrected chi connectivity index (χ2v) is 5.52. The molecule has 3 amide bonds. The Labute approximate surface area is 126 Å². The number of aromatic nitrogens is 1. The first-order valence-electron chi connectivity index (χ1n) is 6.71. The van der Waals surface area contributed by atoms with Crippen molar-refractivity contribution in [2.45, 2.75) is 12.8 Å². The fourth-order valence-electron chi connectivity index (χ4n) is 2.78. The van der Waals surface area contributed by atoms with Gasteiger partial charge in [0.15, 0.2) is 0 Å². The molecule has 21 heavy (non-hydrogen) atoms. The van der Waals surface area contributed by atoms with Gasteiger partial charge in [-0.05, 0) is 36.6 Å². The van der Waals surface area contributed by atoms with Gasteiger partial charge in [-0.15, -0.1) is 0 Å². The number of imide groups is 1. The van der Waals surface area contributed by atoms with Crippen LogP contribution in [0.5, 0.6) is 0 Å². The molecule has 0 aliphatic carbocycles. The second-order valence-electron chi connectivity index (χ2n) is 5.14. The molecule has 1 unspecified atom stereocenters. The lowest BCUT2D eigenvalue weighted by atomic mass is 9.95. The first-order chi connectivity index (χ1) is 10.1. The number of amides is 3. The topological polar surface area (TPSA) is 76.3 Å². The fourth-order valence-corrected chi connectivity index (χ4v) is 2.94. The summed E-state index contributed by atoms with van der Waals surface area (Å²) in [6, 6.07) is 8.72. The number of nitrogens with two attached hydrogens (primary N) is 1. The number of halogens is 1. The van der Waals surface area contributed by atoms with E-state index >= 15 is 0 Å². The standard InChI is InChI=1S/C15H14ClN3O2/c16-13-5-4-11-9(2-1-3-12(11)18-13)8-10-6-7-19(14(10)20)15(17)21/h1-5,10H,6-8H2,(H2,17,21). The zero-order chi connectivity index (χ0) is 15.0. The molecule has 2 heterocycles. The molecule has 2 aromatic rings. The Balaban J connectivity index is 1.89. The maximum atomic E-state index is 12.1. The van der Waals surface area contributed by atoms with E-state index in [-0.39, 0.29) is 11.8 Å². The summed E-state index contributed by atoms with van der Waals surface area (Å²) in [4.78, 5) is 28.7. The van der Waals surface area contributed by atoms with Crippen LogP contribution in [0.2, 0.25) is 5.15 Å². The molecule has 1 aromatic carbocycles. The number of rotatable bonds is 2. The second kappa shape index (κ2) is 5.33. The van der Waals surface area contributed by atoms with Crippen molar-refractivity contribution in [1.29, 1.82) is 0 Å². The lowest BCUT2D eigenvalue weighted by molar-refractivity contribution is -0.128. The molecule has 0 bridgehead atoms. The molecule has 0 saturated carbocycles. The highest BCUT2D eigenvalue weighted by atomic mass is 35.5. The molecule has 0 spiro atoms. The fraction of sp³-hybridized carbons (Fsp3) is 0.267. The highest BCUT2D eigenvalue weighted by Crippen LogP contribution is 2.26. The summed E-state index contributed by atoms with van der Waals surface area (Å²) >= 11 is 5.90. The largest absolute Gasteiger partial charge is 0.351 e. The molecule has 1 saturated heterocycles. The molecule has 1 aromatic heterocycles. The van der Waals surface area contributed by atoms with E-state index in [2.05, 4.69) is 4.98 Å². The van der Waals surface area contributed by atoms with Crippen LogP contribution in [-0.2, 0) is 11.2 Å². The van der Waals surface area contributed by atoms with Crippen molar-refractivity contribution in [3.05, 3.63) is 41.0 Å². The van der Waals surface area contributed by atoms with Gasteiger partial charge in [-0.25, -0.2) is 9.78 Å². The predicted molar refractivity (Wildman–Crippen MR) is 79.9 cm³/mol. The molecule has 6 heteroatoms. The maximum Gasteiger partial charge on any atom is 0.321 e. The SMILES string of the molecule is NC(=O)N1CCC(Cc2cccc3nc(Cl)ccc23)C1=O. The van der Waals surface area contributed by atoms with Crippen LogP contribution in [0, 0.1) is 5.92 Å².